The molecule has 26 heavy (non-hydrogen) atoms. The van der Waals surface area contributed by atoms with Crippen LogP contribution in [-0.4, -0.2) is 15.1 Å². The average molecular weight is 354 g/mol. The van der Waals surface area contributed by atoms with E-state index < -0.39 is 0 Å². The number of nitrogens with zero attached hydrogens (tertiary/aromatic N) is 2. The van der Waals surface area contributed by atoms with Crippen LogP contribution in [0, 0.1) is 0 Å². The quantitative estimate of drug-likeness (QED) is 0.430. The number of fused-ring (bicyclic) bond motifs is 3. The van der Waals surface area contributed by atoms with Gasteiger partial charge in [0.25, 0.3) is 0 Å². The van der Waals surface area contributed by atoms with Crippen molar-refractivity contribution in [3.05, 3.63) is 79.1 Å². The maximum atomic E-state index is 11.1. The van der Waals surface area contributed by atoms with Gasteiger partial charge in [0.2, 0.25) is 0 Å². The zero-order valence-electron chi connectivity index (χ0n) is 13.8. The number of pyridine rings is 1. The molecule has 0 atom stereocenters. The number of thiazole rings is 1. The molecule has 2 heterocycles. The van der Waals surface area contributed by atoms with Crippen molar-refractivity contribution in [3.8, 4) is 27.4 Å². The Bertz CT molecular complexity index is 1230. The van der Waals surface area contributed by atoms with Crippen LogP contribution in [0.5, 0.6) is 5.75 Å². The summed E-state index contributed by atoms with van der Waals surface area (Å²) in [7, 11) is 0. The van der Waals surface area contributed by atoms with Crippen molar-refractivity contribution in [2.24, 2.45) is 0 Å². The summed E-state index contributed by atoms with van der Waals surface area (Å²) in [5, 5.41) is 14.0. The van der Waals surface area contributed by atoms with Gasteiger partial charge in [0.05, 0.1) is 10.2 Å². The van der Waals surface area contributed by atoms with Crippen LogP contribution in [0.1, 0.15) is 0 Å². The first-order chi connectivity index (χ1) is 12.8. The van der Waals surface area contributed by atoms with Gasteiger partial charge in [0.1, 0.15) is 10.8 Å². The van der Waals surface area contributed by atoms with Crippen LogP contribution in [0.2, 0.25) is 0 Å². The van der Waals surface area contributed by atoms with Gasteiger partial charge in [-0.15, -0.1) is 11.3 Å². The smallest absolute Gasteiger partial charge is 0.143 e. The van der Waals surface area contributed by atoms with E-state index in [4.69, 9.17) is 4.98 Å². The van der Waals surface area contributed by atoms with Gasteiger partial charge in [-0.2, -0.15) is 0 Å². The minimum atomic E-state index is 0.289. The third kappa shape index (κ3) is 2.27. The van der Waals surface area contributed by atoms with Crippen molar-refractivity contribution in [1.29, 1.82) is 0 Å². The molecule has 0 spiro atoms. The molecule has 0 radical (unpaired) electrons. The average Bonchev–Trinajstić information content (AvgIpc) is 3.16. The molecule has 5 rings (SSSR count). The fourth-order valence-electron chi connectivity index (χ4n) is 3.32. The van der Waals surface area contributed by atoms with Crippen molar-refractivity contribution in [2.75, 3.05) is 0 Å². The maximum absolute atomic E-state index is 11.1. The van der Waals surface area contributed by atoms with Gasteiger partial charge < -0.3 is 5.11 Å². The lowest BCUT2D eigenvalue weighted by molar-refractivity contribution is 0.485. The first-order valence-electron chi connectivity index (χ1n) is 8.33. The molecule has 0 aliphatic rings. The van der Waals surface area contributed by atoms with E-state index in [-0.39, 0.29) is 5.75 Å². The van der Waals surface area contributed by atoms with Crippen LogP contribution in [0.3, 0.4) is 0 Å². The summed E-state index contributed by atoms with van der Waals surface area (Å²) in [4.78, 5) is 9.01. The second-order valence-corrected chi connectivity index (χ2v) is 7.07. The van der Waals surface area contributed by atoms with E-state index in [0.717, 1.165) is 42.7 Å². The summed E-state index contributed by atoms with van der Waals surface area (Å²) in [5.41, 5.74) is 3.65. The van der Waals surface area contributed by atoms with Crippen LogP contribution in [-0.2, 0) is 0 Å². The van der Waals surface area contributed by atoms with Gasteiger partial charge in [-0.3, -0.25) is 4.98 Å². The number of phenols is 1. The molecule has 0 saturated carbocycles. The molecule has 0 aliphatic heterocycles. The highest BCUT2D eigenvalue weighted by atomic mass is 32.1. The largest absolute Gasteiger partial charge is 0.506 e. The van der Waals surface area contributed by atoms with Gasteiger partial charge in [-0.05, 0) is 23.1 Å². The zero-order valence-corrected chi connectivity index (χ0v) is 14.6. The predicted molar refractivity (Wildman–Crippen MR) is 107 cm³/mol. The Morgan fingerprint density at radius 2 is 1.50 bits per heavy atom. The van der Waals surface area contributed by atoms with Crippen LogP contribution in [0.4, 0.5) is 0 Å². The van der Waals surface area contributed by atoms with Gasteiger partial charge in [0.15, 0.2) is 0 Å². The minimum absolute atomic E-state index is 0.289. The summed E-state index contributed by atoms with van der Waals surface area (Å²) in [6, 6.07) is 22.0. The molecule has 5 aromatic rings. The molecular formula is C22H14N2OS. The van der Waals surface area contributed by atoms with E-state index in [9.17, 15) is 5.11 Å². The second-order valence-electron chi connectivity index (χ2n) is 6.07. The lowest BCUT2D eigenvalue weighted by Crippen LogP contribution is -1.85. The molecule has 0 bridgehead atoms. The summed E-state index contributed by atoms with van der Waals surface area (Å²) in [6.45, 7) is 0. The van der Waals surface area contributed by atoms with Gasteiger partial charge in [0, 0.05) is 28.9 Å². The Hall–Kier alpha value is -3.24. The molecule has 124 valence electrons. The van der Waals surface area contributed by atoms with Crippen molar-refractivity contribution >= 4 is 32.3 Å². The first kappa shape index (κ1) is 15.0. The summed E-state index contributed by atoms with van der Waals surface area (Å²) in [6.07, 6.45) is 3.55. The Morgan fingerprint density at radius 1 is 0.769 bits per heavy atom. The lowest BCUT2D eigenvalue weighted by atomic mass is 9.96. The Morgan fingerprint density at radius 3 is 2.27 bits per heavy atom. The molecule has 0 fully saturated rings. The van der Waals surface area contributed by atoms with E-state index in [1.54, 1.807) is 12.4 Å². The van der Waals surface area contributed by atoms with E-state index in [0.29, 0.717) is 0 Å². The summed E-state index contributed by atoms with van der Waals surface area (Å²) >= 11 is 1.50. The third-order valence-electron chi connectivity index (χ3n) is 4.50. The molecule has 0 aliphatic carbocycles. The number of aromatic hydroxyl groups is 1. The Labute approximate surface area is 154 Å². The number of phenolic OH excluding ortho intramolecular Hbond substituents is 1. The molecule has 3 nitrogen and oxygen atoms in total. The van der Waals surface area contributed by atoms with Crippen molar-refractivity contribution in [2.45, 2.75) is 0 Å². The minimum Gasteiger partial charge on any atom is -0.506 e. The highest BCUT2D eigenvalue weighted by molar-refractivity contribution is 7.22. The molecule has 4 heteroatoms. The van der Waals surface area contributed by atoms with Crippen molar-refractivity contribution in [3.63, 3.8) is 0 Å². The zero-order chi connectivity index (χ0) is 17.5. The standard InChI is InChI=1S/C22H14N2OS/c25-20-18(14-7-2-1-3-8-14)16-10-4-5-11-17(16)19-21(20)26-22(24-19)15-9-6-12-23-13-15/h1-13,25H. The maximum Gasteiger partial charge on any atom is 0.143 e. The van der Waals surface area contributed by atoms with Crippen LogP contribution in [0.15, 0.2) is 79.1 Å². The van der Waals surface area contributed by atoms with Crippen LogP contribution >= 0.6 is 11.3 Å². The Balaban J connectivity index is 1.90. The van der Waals surface area contributed by atoms with Crippen LogP contribution in [0.25, 0.3) is 42.7 Å². The highest BCUT2D eigenvalue weighted by Gasteiger charge is 2.19. The van der Waals surface area contributed by atoms with Crippen molar-refractivity contribution < 1.29 is 5.11 Å². The van der Waals surface area contributed by atoms with Crippen LogP contribution < -0.4 is 0 Å². The summed E-state index contributed by atoms with van der Waals surface area (Å²) < 4.78 is 0.807. The normalized spacial score (nSPS) is 11.2. The number of rotatable bonds is 2. The topological polar surface area (TPSA) is 46.0 Å². The third-order valence-corrected chi connectivity index (χ3v) is 5.61. The monoisotopic (exact) mass is 354 g/mol. The molecule has 0 saturated heterocycles. The number of benzene rings is 3. The molecule has 0 amide bonds. The van der Waals surface area contributed by atoms with E-state index >= 15 is 0 Å². The van der Waals surface area contributed by atoms with Gasteiger partial charge in [-0.25, -0.2) is 4.98 Å². The van der Waals surface area contributed by atoms with Gasteiger partial charge >= 0.3 is 0 Å². The first-order valence-corrected chi connectivity index (χ1v) is 9.14. The summed E-state index contributed by atoms with van der Waals surface area (Å²) in [5.74, 6) is 0.289. The predicted octanol–water partition coefficient (Wildman–Crippen LogP) is 5.88. The van der Waals surface area contributed by atoms with Gasteiger partial charge in [-0.1, -0.05) is 54.6 Å². The second kappa shape index (κ2) is 5.93. The number of hydrogen-bond acceptors (Lipinski definition) is 4. The Kier molecular flexibility index (Phi) is 3.43. The van der Waals surface area contributed by atoms with E-state index in [2.05, 4.69) is 11.1 Å². The number of aromatic nitrogens is 2. The number of hydrogen-bond donors (Lipinski definition) is 1. The SMILES string of the molecule is Oc1c(-c2ccccc2)c2ccccc2c2nc(-c3cccnc3)sc12. The molecule has 0 unspecified atom stereocenters. The fraction of sp³-hybridized carbons (Fsp3) is 0. The molecule has 2 aromatic heterocycles. The lowest BCUT2D eigenvalue weighted by Gasteiger charge is -2.10. The fourth-order valence-corrected chi connectivity index (χ4v) is 4.34. The van der Waals surface area contributed by atoms with Crippen molar-refractivity contribution in [1.82, 2.24) is 9.97 Å². The molecule has 3 aromatic carbocycles. The molecular weight excluding hydrogens is 340 g/mol. The van der Waals surface area contributed by atoms with E-state index in [1.807, 2.05) is 60.7 Å². The molecule has 1 N–H and O–H groups in total. The highest BCUT2D eigenvalue weighted by Crippen LogP contribution is 2.46. The van der Waals surface area contributed by atoms with E-state index in [1.165, 1.54) is 11.3 Å².